The zero-order valence-electron chi connectivity index (χ0n) is 9.90. The van der Waals surface area contributed by atoms with Gasteiger partial charge in [0.2, 0.25) is 5.91 Å². The molecule has 0 bridgehead atoms. The van der Waals surface area contributed by atoms with Crippen LogP contribution >= 0.6 is 0 Å². The number of fused-ring (bicyclic) bond motifs is 1. The van der Waals surface area contributed by atoms with Crippen LogP contribution in [0, 0.1) is 17.8 Å². The molecule has 1 saturated heterocycles. The molecule has 3 nitrogen and oxygen atoms in total. The molecule has 2 saturated carbocycles. The van der Waals surface area contributed by atoms with Gasteiger partial charge >= 0.3 is 0 Å². The fourth-order valence-corrected chi connectivity index (χ4v) is 3.92. The van der Waals surface area contributed by atoms with Gasteiger partial charge in [-0.2, -0.15) is 0 Å². The van der Waals surface area contributed by atoms with E-state index in [2.05, 4.69) is 4.90 Å². The van der Waals surface area contributed by atoms with Crippen LogP contribution in [0.3, 0.4) is 0 Å². The maximum Gasteiger partial charge on any atom is 0.226 e. The summed E-state index contributed by atoms with van der Waals surface area (Å²) < 4.78 is 0. The second-order valence-electron chi connectivity index (χ2n) is 5.70. The minimum atomic E-state index is 0.336. The van der Waals surface area contributed by atoms with Gasteiger partial charge in [-0.1, -0.05) is 6.42 Å². The number of rotatable bonds is 2. The van der Waals surface area contributed by atoms with Crippen LogP contribution in [0.15, 0.2) is 0 Å². The number of hydrogen-bond acceptors (Lipinski definition) is 2. The SMILES string of the molecule is NCC1CCCCN1C(=O)C1C2CCCC21. The van der Waals surface area contributed by atoms with Gasteiger partial charge in [0.25, 0.3) is 0 Å². The highest BCUT2D eigenvalue weighted by Gasteiger charge is 2.57. The largest absolute Gasteiger partial charge is 0.338 e. The van der Waals surface area contributed by atoms with Gasteiger partial charge < -0.3 is 10.6 Å². The number of nitrogens with zero attached hydrogens (tertiary/aromatic N) is 1. The Kier molecular flexibility index (Phi) is 2.66. The molecule has 0 spiro atoms. The van der Waals surface area contributed by atoms with Gasteiger partial charge in [-0.3, -0.25) is 4.79 Å². The van der Waals surface area contributed by atoms with Crippen molar-refractivity contribution >= 4 is 5.91 Å². The Balaban J connectivity index is 1.65. The van der Waals surface area contributed by atoms with Gasteiger partial charge in [0.1, 0.15) is 0 Å². The average molecular weight is 222 g/mol. The molecule has 90 valence electrons. The Labute approximate surface area is 97.4 Å². The zero-order chi connectivity index (χ0) is 11.1. The first-order valence-corrected chi connectivity index (χ1v) is 6.83. The fourth-order valence-electron chi connectivity index (χ4n) is 3.92. The highest BCUT2D eigenvalue weighted by molar-refractivity contribution is 5.83. The van der Waals surface area contributed by atoms with Crippen molar-refractivity contribution in [3.8, 4) is 0 Å². The number of piperidine rings is 1. The normalized spacial score (nSPS) is 41.9. The number of carbonyl (C=O) groups excluding carboxylic acids is 1. The molecule has 0 aromatic rings. The van der Waals surface area contributed by atoms with Crippen LogP contribution in [0.5, 0.6) is 0 Å². The van der Waals surface area contributed by atoms with Crippen molar-refractivity contribution in [3.05, 3.63) is 0 Å². The Hall–Kier alpha value is -0.570. The molecule has 2 aliphatic carbocycles. The summed E-state index contributed by atoms with van der Waals surface area (Å²) in [5.74, 6) is 2.31. The summed E-state index contributed by atoms with van der Waals surface area (Å²) >= 11 is 0. The molecule has 3 heteroatoms. The van der Waals surface area contributed by atoms with Crippen molar-refractivity contribution in [1.29, 1.82) is 0 Å². The topological polar surface area (TPSA) is 46.3 Å². The van der Waals surface area contributed by atoms with E-state index in [1.165, 1.54) is 32.1 Å². The molecule has 3 aliphatic rings. The number of nitrogens with two attached hydrogens (primary N) is 1. The maximum atomic E-state index is 12.4. The highest BCUT2D eigenvalue weighted by atomic mass is 16.2. The average Bonchev–Trinajstić information content (AvgIpc) is 2.81. The van der Waals surface area contributed by atoms with Gasteiger partial charge in [-0.25, -0.2) is 0 Å². The second-order valence-corrected chi connectivity index (χ2v) is 5.70. The molecule has 2 N–H and O–H groups in total. The number of amides is 1. The molecule has 0 aromatic carbocycles. The first-order chi connectivity index (χ1) is 7.83. The van der Waals surface area contributed by atoms with Crippen molar-refractivity contribution in [3.63, 3.8) is 0 Å². The Morgan fingerprint density at radius 3 is 2.56 bits per heavy atom. The van der Waals surface area contributed by atoms with Crippen LogP contribution in [-0.2, 0) is 4.79 Å². The zero-order valence-corrected chi connectivity index (χ0v) is 9.90. The predicted octanol–water partition coefficient (Wildman–Crippen LogP) is 1.37. The van der Waals surface area contributed by atoms with E-state index in [9.17, 15) is 4.79 Å². The molecular formula is C13H22N2O. The lowest BCUT2D eigenvalue weighted by atomic mass is 10.0. The molecular weight excluding hydrogens is 200 g/mol. The molecule has 3 rings (SSSR count). The summed E-state index contributed by atoms with van der Waals surface area (Å²) in [6.45, 7) is 1.60. The molecule has 3 unspecified atom stereocenters. The van der Waals surface area contributed by atoms with Gasteiger partial charge in [0.15, 0.2) is 0 Å². The smallest absolute Gasteiger partial charge is 0.226 e. The number of hydrogen-bond donors (Lipinski definition) is 1. The maximum absolute atomic E-state index is 12.4. The Morgan fingerprint density at radius 1 is 1.12 bits per heavy atom. The van der Waals surface area contributed by atoms with Crippen LogP contribution in [0.4, 0.5) is 0 Å². The summed E-state index contributed by atoms with van der Waals surface area (Å²) in [6, 6.07) is 0.336. The standard InChI is InChI=1S/C13H22N2O/c14-8-9-4-1-2-7-15(9)13(16)12-10-5-3-6-11(10)12/h9-12H,1-8,14H2. The van der Waals surface area contributed by atoms with Crippen molar-refractivity contribution in [1.82, 2.24) is 4.90 Å². The fraction of sp³-hybridized carbons (Fsp3) is 0.923. The summed E-state index contributed by atoms with van der Waals surface area (Å²) in [7, 11) is 0. The lowest BCUT2D eigenvalue weighted by Crippen LogP contribution is -2.48. The summed E-state index contributed by atoms with van der Waals surface area (Å²) in [6.07, 6.45) is 7.46. The van der Waals surface area contributed by atoms with E-state index in [0.717, 1.165) is 24.8 Å². The highest BCUT2D eigenvalue weighted by Crippen LogP contribution is 2.58. The van der Waals surface area contributed by atoms with E-state index < -0.39 is 0 Å². The number of likely N-dealkylation sites (tertiary alicyclic amines) is 1. The van der Waals surface area contributed by atoms with Crippen molar-refractivity contribution in [2.24, 2.45) is 23.5 Å². The second kappa shape index (κ2) is 4.02. The van der Waals surface area contributed by atoms with E-state index in [4.69, 9.17) is 5.73 Å². The van der Waals surface area contributed by atoms with E-state index in [1.54, 1.807) is 0 Å². The Bertz CT molecular complexity index is 282. The third-order valence-electron chi connectivity index (χ3n) is 4.87. The lowest BCUT2D eigenvalue weighted by molar-refractivity contribution is -0.136. The molecule has 3 atom stereocenters. The first-order valence-electron chi connectivity index (χ1n) is 6.83. The van der Waals surface area contributed by atoms with Crippen LogP contribution in [0.2, 0.25) is 0 Å². The predicted molar refractivity (Wildman–Crippen MR) is 62.7 cm³/mol. The summed E-state index contributed by atoms with van der Waals surface area (Å²) in [5.41, 5.74) is 5.77. The first kappa shape index (κ1) is 10.6. The van der Waals surface area contributed by atoms with Crippen LogP contribution in [0.25, 0.3) is 0 Å². The van der Waals surface area contributed by atoms with E-state index in [1.807, 2.05) is 0 Å². The van der Waals surface area contributed by atoms with Crippen LogP contribution in [0.1, 0.15) is 38.5 Å². The van der Waals surface area contributed by atoms with Gasteiger partial charge in [0.05, 0.1) is 0 Å². The third kappa shape index (κ3) is 1.56. The minimum Gasteiger partial charge on any atom is -0.338 e. The Morgan fingerprint density at radius 2 is 1.88 bits per heavy atom. The number of carbonyl (C=O) groups is 1. The third-order valence-corrected chi connectivity index (χ3v) is 4.87. The monoisotopic (exact) mass is 222 g/mol. The molecule has 0 radical (unpaired) electrons. The van der Waals surface area contributed by atoms with E-state index in [0.29, 0.717) is 24.4 Å². The van der Waals surface area contributed by atoms with Gasteiger partial charge in [-0.15, -0.1) is 0 Å². The van der Waals surface area contributed by atoms with Crippen molar-refractivity contribution in [2.75, 3.05) is 13.1 Å². The molecule has 1 aliphatic heterocycles. The van der Waals surface area contributed by atoms with Crippen LogP contribution in [-0.4, -0.2) is 29.9 Å². The minimum absolute atomic E-state index is 0.336. The van der Waals surface area contributed by atoms with Crippen molar-refractivity contribution < 1.29 is 4.79 Å². The van der Waals surface area contributed by atoms with E-state index >= 15 is 0 Å². The molecule has 16 heavy (non-hydrogen) atoms. The van der Waals surface area contributed by atoms with Gasteiger partial charge in [-0.05, 0) is 43.9 Å². The van der Waals surface area contributed by atoms with Crippen LogP contribution < -0.4 is 5.73 Å². The lowest BCUT2D eigenvalue weighted by Gasteiger charge is -2.35. The summed E-state index contributed by atoms with van der Waals surface area (Å²) in [5, 5.41) is 0. The van der Waals surface area contributed by atoms with E-state index in [-0.39, 0.29) is 0 Å². The molecule has 3 fully saturated rings. The molecule has 0 aromatic heterocycles. The quantitative estimate of drug-likeness (QED) is 0.767. The van der Waals surface area contributed by atoms with Crippen molar-refractivity contribution in [2.45, 2.75) is 44.6 Å². The summed E-state index contributed by atoms with van der Waals surface area (Å²) in [4.78, 5) is 14.5. The molecule has 1 amide bonds. The molecule has 1 heterocycles. The van der Waals surface area contributed by atoms with Gasteiger partial charge in [0, 0.05) is 25.0 Å².